The van der Waals surface area contributed by atoms with Crippen LogP contribution >= 0.6 is 0 Å². The molecule has 8 heteroatoms. The highest BCUT2D eigenvalue weighted by Crippen LogP contribution is 2.30. The van der Waals surface area contributed by atoms with Gasteiger partial charge in [0, 0.05) is 42.7 Å². The van der Waals surface area contributed by atoms with Crippen molar-refractivity contribution < 1.29 is 18.7 Å². The third-order valence-corrected chi connectivity index (χ3v) is 4.72. The molecule has 0 bridgehead atoms. The summed E-state index contributed by atoms with van der Waals surface area (Å²) in [5.74, 6) is -0.273. The van der Waals surface area contributed by atoms with Crippen molar-refractivity contribution in [3.63, 3.8) is 0 Å². The van der Waals surface area contributed by atoms with Gasteiger partial charge >= 0.3 is 0 Å². The maximum atomic E-state index is 13.5. The van der Waals surface area contributed by atoms with Crippen molar-refractivity contribution in [2.75, 3.05) is 10.6 Å². The number of nitrogens with zero attached hydrogens (tertiary/aromatic N) is 2. The first-order valence-corrected chi connectivity index (χ1v) is 10.3. The molecular weight excluding hydrogens is 423 g/mol. The standard InChI is InChI=1S/C25H21FN4O3/c26-19-6-4-8-21(16-19)33-23-10-2-1-9-22(23)29-25(32)18-5-3-7-20(15-18)28-24(31)11-13-30-14-12-27-17-30/h1-10,12,14-17H,11,13H2,(H,28,31)(H,29,32). The molecule has 3 aromatic carbocycles. The average Bonchev–Trinajstić information content (AvgIpc) is 3.33. The van der Waals surface area contributed by atoms with Gasteiger partial charge in [0.15, 0.2) is 5.75 Å². The molecule has 1 aromatic heterocycles. The molecule has 0 fully saturated rings. The Morgan fingerprint density at radius 1 is 0.970 bits per heavy atom. The summed E-state index contributed by atoms with van der Waals surface area (Å²) >= 11 is 0. The van der Waals surface area contributed by atoms with Gasteiger partial charge in [-0.2, -0.15) is 0 Å². The number of para-hydroxylation sites is 2. The lowest BCUT2D eigenvalue weighted by molar-refractivity contribution is -0.116. The predicted octanol–water partition coefficient (Wildman–Crippen LogP) is 5.10. The average molecular weight is 444 g/mol. The molecule has 0 atom stereocenters. The van der Waals surface area contributed by atoms with Crippen LogP contribution in [-0.4, -0.2) is 21.4 Å². The third-order valence-electron chi connectivity index (χ3n) is 4.72. The summed E-state index contributed by atoms with van der Waals surface area (Å²) in [5, 5.41) is 5.61. The zero-order valence-corrected chi connectivity index (χ0v) is 17.6. The van der Waals surface area contributed by atoms with E-state index in [9.17, 15) is 14.0 Å². The number of aromatic nitrogens is 2. The summed E-state index contributed by atoms with van der Waals surface area (Å²) in [6.07, 6.45) is 5.36. The molecule has 0 aliphatic carbocycles. The van der Waals surface area contributed by atoms with Crippen molar-refractivity contribution in [3.05, 3.63) is 103 Å². The van der Waals surface area contributed by atoms with Gasteiger partial charge in [-0.15, -0.1) is 0 Å². The first kappa shape index (κ1) is 21.8. The smallest absolute Gasteiger partial charge is 0.255 e. The summed E-state index contributed by atoms with van der Waals surface area (Å²) in [7, 11) is 0. The molecule has 1 heterocycles. The number of halogens is 1. The zero-order chi connectivity index (χ0) is 23.0. The molecule has 4 aromatic rings. The highest BCUT2D eigenvalue weighted by Gasteiger charge is 2.12. The SMILES string of the molecule is O=C(CCn1ccnc1)Nc1cccc(C(=O)Nc2ccccc2Oc2cccc(F)c2)c1. The summed E-state index contributed by atoms with van der Waals surface area (Å²) in [4.78, 5) is 29.0. The third kappa shape index (κ3) is 6.04. The molecule has 7 nitrogen and oxygen atoms in total. The minimum absolute atomic E-state index is 0.171. The number of aryl methyl sites for hydroxylation is 1. The van der Waals surface area contributed by atoms with Crippen LogP contribution in [0.2, 0.25) is 0 Å². The Bertz CT molecular complexity index is 1260. The molecule has 0 saturated heterocycles. The van der Waals surface area contributed by atoms with Crippen LogP contribution in [0.15, 0.2) is 91.5 Å². The van der Waals surface area contributed by atoms with Gasteiger partial charge in [-0.1, -0.05) is 24.3 Å². The van der Waals surface area contributed by atoms with Crippen LogP contribution in [0.5, 0.6) is 11.5 Å². The normalized spacial score (nSPS) is 10.5. The van der Waals surface area contributed by atoms with Crippen LogP contribution < -0.4 is 15.4 Å². The van der Waals surface area contributed by atoms with Crippen LogP contribution in [-0.2, 0) is 11.3 Å². The Balaban J connectivity index is 1.41. The fourth-order valence-electron chi connectivity index (χ4n) is 3.12. The number of hydrogen-bond acceptors (Lipinski definition) is 4. The zero-order valence-electron chi connectivity index (χ0n) is 17.6. The molecular formula is C25H21FN4O3. The Labute approximate surface area is 189 Å². The molecule has 2 N–H and O–H groups in total. The summed E-state index contributed by atoms with van der Waals surface area (Å²) < 4.78 is 21.0. The fraction of sp³-hybridized carbons (Fsp3) is 0.0800. The van der Waals surface area contributed by atoms with E-state index in [-0.39, 0.29) is 18.2 Å². The maximum absolute atomic E-state index is 13.5. The van der Waals surface area contributed by atoms with E-state index in [1.807, 2.05) is 4.57 Å². The first-order chi connectivity index (χ1) is 16.1. The lowest BCUT2D eigenvalue weighted by atomic mass is 10.1. The first-order valence-electron chi connectivity index (χ1n) is 10.3. The monoisotopic (exact) mass is 444 g/mol. The van der Waals surface area contributed by atoms with E-state index in [4.69, 9.17) is 4.74 Å². The number of nitrogens with one attached hydrogen (secondary N) is 2. The Hall–Kier alpha value is -4.46. The number of amides is 2. The number of rotatable bonds is 8. The van der Waals surface area contributed by atoms with Crippen molar-refractivity contribution in [1.29, 1.82) is 0 Å². The highest BCUT2D eigenvalue weighted by atomic mass is 19.1. The van der Waals surface area contributed by atoms with Crippen LogP contribution in [0.4, 0.5) is 15.8 Å². The molecule has 0 saturated carbocycles. The van der Waals surface area contributed by atoms with Gasteiger partial charge in [0.25, 0.3) is 5.91 Å². The van der Waals surface area contributed by atoms with E-state index in [0.717, 1.165) is 0 Å². The number of hydrogen-bond donors (Lipinski definition) is 2. The topological polar surface area (TPSA) is 85.2 Å². The van der Waals surface area contributed by atoms with Crippen molar-refractivity contribution in [2.45, 2.75) is 13.0 Å². The van der Waals surface area contributed by atoms with Gasteiger partial charge in [-0.25, -0.2) is 9.37 Å². The molecule has 166 valence electrons. The van der Waals surface area contributed by atoms with E-state index in [1.165, 1.54) is 12.1 Å². The van der Waals surface area contributed by atoms with Crippen LogP contribution in [0.25, 0.3) is 0 Å². The second kappa shape index (κ2) is 10.2. The second-order valence-electron chi connectivity index (χ2n) is 7.19. The van der Waals surface area contributed by atoms with Crippen molar-refractivity contribution in [2.24, 2.45) is 0 Å². The summed E-state index contributed by atoms with van der Waals surface area (Å²) in [6, 6.07) is 19.3. The van der Waals surface area contributed by atoms with E-state index in [1.54, 1.807) is 79.4 Å². The summed E-state index contributed by atoms with van der Waals surface area (Å²) in [5.41, 5.74) is 1.31. The second-order valence-corrected chi connectivity index (χ2v) is 7.19. The number of carbonyl (C=O) groups excluding carboxylic acids is 2. The van der Waals surface area contributed by atoms with Gasteiger partial charge < -0.3 is 19.9 Å². The molecule has 4 rings (SSSR count). The van der Waals surface area contributed by atoms with E-state index in [0.29, 0.717) is 35.0 Å². The maximum Gasteiger partial charge on any atom is 0.255 e. The van der Waals surface area contributed by atoms with Gasteiger partial charge in [-0.05, 0) is 42.5 Å². The molecule has 0 spiro atoms. The van der Waals surface area contributed by atoms with Gasteiger partial charge in [0.05, 0.1) is 12.0 Å². The predicted molar refractivity (Wildman–Crippen MR) is 123 cm³/mol. The van der Waals surface area contributed by atoms with E-state index in [2.05, 4.69) is 15.6 Å². The minimum atomic E-state index is -0.419. The summed E-state index contributed by atoms with van der Waals surface area (Å²) in [6.45, 7) is 0.508. The van der Waals surface area contributed by atoms with E-state index >= 15 is 0 Å². The van der Waals surface area contributed by atoms with Gasteiger partial charge in [0.1, 0.15) is 11.6 Å². The molecule has 2 amide bonds. The van der Waals surface area contributed by atoms with Gasteiger partial charge in [0.2, 0.25) is 5.91 Å². The van der Waals surface area contributed by atoms with E-state index < -0.39 is 5.82 Å². The van der Waals surface area contributed by atoms with Crippen LogP contribution in [0, 0.1) is 5.82 Å². The van der Waals surface area contributed by atoms with Crippen molar-refractivity contribution in [1.82, 2.24) is 9.55 Å². The molecule has 0 radical (unpaired) electrons. The lowest BCUT2D eigenvalue weighted by Gasteiger charge is -2.13. The Kier molecular flexibility index (Phi) is 6.75. The molecule has 0 aliphatic rings. The van der Waals surface area contributed by atoms with Crippen LogP contribution in [0.1, 0.15) is 16.8 Å². The van der Waals surface area contributed by atoms with Crippen molar-refractivity contribution >= 4 is 23.2 Å². The fourth-order valence-corrected chi connectivity index (χ4v) is 3.12. The minimum Gasteiger partial charge on any atom is -0.455 e. The Morgan fingerprint density at radius 2 is 1.82 bits per heavy atom. The van der Waals surface area contributed by atoms with Gasteiger partial charge in [-0.3, -0.25) is 9.59 Å². The molecule has 0 aliphatic heterocycles. The number of imidazole rings is 1. The molecule has 33 heavy (non-hydrogen) atoms. The van der Waals surface area contributed by atoms with Crippen LogP contribution in [0.3, 0.4) is 0 Å². The number of benzene rings is 3. The molecule has 0 unspecified atom stereocenters. The largest absolute Gasteiger partial charge is 0.455 e. The number of carbonyl (C=O) groups is 2. The lowest BCUT2D eigenvalue weighted by Crippen LogP contribution is -2.16. The Morgan fingerprint density at radius 3 is 2.64 bits per heavy atom. The highest BCUT2D eigenvalue weighted by molar-refractivity contribution is 6.06. The number of anilines is 2. The number of ether oxygens (including phenoxy) is 1. The quantitative estimate of drug-likeness (QED) is 0.396. The van der Waals surface area contributed by atoms with Crippen molar-refractivity contribution in [3.8, 4) is 11.5 Å².